The highest BCUT2D eigenvalue weighted by molar-refractivity contribution is 7.90. The van der Waals surface area contributed by atoms with Crippen LogP contribution in [0.1, 0.15) is 18.4 Å². The summed E-state index contributed by atoms with van der Waals surface area (Å²) in [5.41, 5.74) is 0.856. The van der Waals surface area contributed by atoms with Crippen LogP contribution in [0.2, 0.25) is 0 Å². The lowest BCUT2D eigenvalue weighted by atomic mass is 9.77. The number of hydrogen-bond donors (Lipinski definition) is 1. The average molecular weight is 271 g/mol. The summed E-state index contributed by atoms with van der Waals surface area (Å²) in [7, 11) is -2.97. The van der Waals surface area contributed by atoms with Gasteiger partial charge in [-0.2, -0.15) is 0 Å². The molecule has 18 heavy (non-hydrogen) atoms. The van der Waals surface area contributed by atoms with E-state index in [1.165, 1.54) is 18.4 Å². The Morgan fingerprint density at radius 1 is 1.33 bits per heavy atom. The Balaban J connectivity index is 2.24. The predicted octanol–water partition coefficient (Wildman–Crippen LogP) is 1.49. The van der Waals surface area contributed by atoms with Gasteiger partial charge in [0.1, 0.15) is 15.7 Å². The first kappa shape index (κ1) is 13.5. The molecule has 3 nitrogen and oxygen atoms in total. The average Bonchev–Trinajstić information content (AvgIpc) is 2.76. The lowest BCUT2D eigenvalue weighted by Gasteiger charge is -2.28. The largest absolute Gasteiger partial charge is 0.316 e. The van der Waals surface area contributed by atoms with Gasteiger partial charge in [0.25, 0.3) is 0 Å². The molecule has 1 aliphatic heterocycles. The number of rotatable bonds is 4. The minimum atomic E-state index is -2.97. The van der Waals surface area contributed by atoms with Crippen LogP contribution in [-0.2, 0) is 15.3 Å². The number of hydrogen-bond acceptors (Lipinski definition) is 3. The summed E-state index contributed by atoms with van der Waals surface area (Å²) in [5.74, 6) is -0.0885. The second-order valence-corrected chi connectivity index (χ2v) is 7.35. The van der Waals surface area contributed by atoms with Crippen molar-refractivity contribution in [3.8, 4) is 0 Å². The molecule has 0 aromatic heterocycles. The van der Waals surface area contributed by atoms with E-state index >= 15 is 0 Å². The van der Waals surface area contributed by atoms with Gasteiger partial charge >= 0.3 is 0 Å². The molecule has 0 bridgehead atoms. The van der Waals surface area contributed by atoms with Crippen LogP contribution in [0.15, 0.2) is 24.3 Å². The fourth-order valence-corrected chi connectivity index (χ4v) is 3.29. The Morgan fingerprint density at radius 3 is 2.50 bits per heavy atom. The summed E-state index contributed by atoms with van der Waals surface area (Å²) in [6, 6.07) is 6.42. The molecular formula is C13H18FNO2S. The van der Waals surface area contributed by atoms with Crippen molar-refractivity contribution in [2.24, 2.45) is 0 Å². The van der Waals surface area contributed by atoms with E-state index in [-0.39, 0.29) is 17.0 Å². The zero-order valence-electron chi connectivity index (χ0n) is 10.4. The van der Waals surface area contributed by atoms with Gasteiger partial charge in [-0.3, -0.25) is 0 Å². The number of sulfone groups is 1. The van der Waals surface area contributed by atoms with Gasteiger partial charge in [-0.05, 0) is 37.1 Å². The molecule has 0 saturated carbocycles. The first-order valence-corrected chi connectivity index (χ1v) is 8.12. The molecular weight excluding hydrogens is 253 g/mol. The van der Waals surface area contributed by atoms with Crippen LogP contribution < -0.4 is 5.32 Å². The third kappa shape index (κ3) is 3.09. The first-order chi connectivity index (χ1) is 8.41. The van der Waals surface area contributed by atoms with Crippen LogP contribution in [0.5, 0.6) is 0 Å². The number of nitrogens with one attached hydrogen (secondary N) is 1. The molecule has 1 heterocycles. The molecule has 1 unspecified atom stereocenters. The van der Waals surface area contributed by atoms with E-state index in [1.54, 1.807) is 12.1 Å². The van der Waals surface area contributed by atoms with Crippen LogP contribution >= 0.6 is 0 Å². The molecule has 0 aliphatic carbocycles. The van der Waals surface area contributed by atoms with E-state index in [4.69, 9.17) is 0 Å². The summed E-state index contributed by atoms with van der Waals surface area (Å²) in [6.45, 7) is 1.63. The van der Waals surface area contributed by atoms with Gasteiger partial charge in [-0.15, -0.1) is 0 Å². The van der Waals surface area contributed by atoms with E-state index in [2.05, 4.69) is 5.32 Å². The standard InChI is InChI=1S/C13H18FNO2S/c1-18(16,17)9-7-13(6-8-15-10-13)11-2-4-12(14)5-3-11/h2-5,15H,6-10H2,1H3. The van der Waals surface area contributed by atoms with Gasteiger partial charge < -0.3 is 5.32 Å². The minimum Gasteiger partial charge on any atom is -0.316 e. The smallest absolute Gasteiger partial charge is 0.147 e. The molecule has 1 aromatic rings. The molecule has 0 radical (unpaired) electrons. The van der Waals surface area contributed by atoms with Gasteiger partial charge in [0.05, 0.1) is 5.75 Å². The molecule has 1 atom stereocenters. The molecule has 1 aromatic carbocycles. The highest BCUT2D eigenvalue weighted by Crippen LogP contribution is 2.34. The SMILES string of the molecule is CS(=O)(=O)CCC1(c2ccc(F)cc2)CCNC1. The molecule has 0 spiro atoms. The topological polar surface area (TPSA) is 46.2 Å². The molecule has 1 N–H and O–H groups in total. The lowest BCUT2D eigenvalue weighted by Crippen LogP contribution is -2.31. The predicted molar refractivity (Wildman–Crippen MR) is 69.9 cm³/mol. The van der Waals surface area contributed by atoms with Crippen molar-refractivity contribution in [3.05, 3.63) is 35.6 Å². The Bertz CT molecular complexity index is 504. The minimum absolute atomic E-state index is 0.170. The Hall–Kier alpha value is -0.940. The third-order valence-electron chi connectivity index (χ3n) is 3.65. The van der Waals surface area contributed by atoms with Crippen LogP contribution in [0.3, 0.4) is 0 Å². The highest BCUT2D eigenvalue weighted by Gasteiger charge is 2.36. The fraction of sp³-hybridized carbons (Fsp3) is 0.538. The Kier molecular flexibility index (Phi) is 3.73. The van der Waals surface area contributed by atoms with Crippen LogP contribution in [0.25, 0.3) is 0 Å². The number of benzene rings is 1. The van der Waals surface area contributed by atoms with Crippen molar-refractivity contribution in [1.82, 2.24) is 5.32 Å². The van der Waals surface area contributed by atoms with Gasteiger partial charge in [-0.25, -0.2) is 12.8 Å². The zero-order valence-corrected chi connectivity index (χ0v) is 11.3. The molecule has 100 valence electrons. The fourth-order valence-electron chi connectivity index (χ4n) is 2.53. The molecule has 1 saturated heterocycles. The van der Waals surface area contributed by atoms with Crippen LogP contribution in [0, 0.1) is 5.82 Å². The second kappa shape index (κ2) is 4.97. The van der Waals surface area contributed by atoms with Gasteiger partial charge in [0.2, 0.25) is 0 Å². The summed E-state index contributed by atoms with van der Waals surface area (Å²) < 4.78 is 35.6. The second-order valence-electron chi connectivity index (χ2n) is 5.09. The molecule has 1 aliphatic rings. The highest BCUT2D eigenvalue weighted by atomic mass is 32.2. The maximum absolute atomic E-state index is 13.0. The lowest BCUT2D eigenvalue weighted by molar-refractivity contribution is 0.451. The van der Waals surface area contributed by atoms with Crippen molar-refractivity contribution in [2.75, 3.05) is 25.1 Å². The van der Waals surface area contributed by atoms with Crippen molar-refractivity contribution >= 4 is 9.84 Å². The van der Waals surface area contributed by atoms with E-state index in [0.717, 1.165) is 25.1 Å². The normalized spacial score (nSPS) is 24.3. The first-order valence-electron chi connectivity index (χ1n) is 6.06. The number of halogens is 1. The molecule has 1 fully saturated rings. The van der Waals surface area contributed by atoms with Crippen LogP contribution in [0.4, 0.5) is 4.39 Å². The summed E-state index contributed by atoms with van der Waals surface area (Å²) in [6.07, 6.45) is 2.74. The van der Waals surface area contributed by atoms with Crippen molar-refractivity contribution in [3.63, 3.8) is 0 Å². The van der Waals surface area contributed by atoms with Crippen molar-refractivity contribution in [1.29, 1.82) is 0 Å². The molecule has 0 amide bonds. The zero-order chi connectivity index (χ0) is 13.2. The van der Waals surface area contributed by atoms with Crippen molar-refractivity contribution in [2.45, 2.75) is 18.3 Å². The summed E-state index contributed by atoms with van der Waals surface area (Å²) in [4.78, 5) is 0. The Morgan fingerprint density at radius 2 is 2.00 bits per heavy atom. The monoisotopic (exact) mass is 271 g/mol. The van der Waals surface area contributed by atoms with E-state index in [9.17, 15) is 12.8 Å². The van der Waals surface area contributed by atoms with E-state index < -0.39 is 9.84 Å². The molecule has 2 rings (SSSR count). The quantitative estimate of drug-likeness (QED) is 0.902. The summed E-state index contributed by atoms with van der Waals surface area (Å²) in [5, 5.41) is 3.27. The van der Waals surface area contributed by atoms with E-state index in [1.807, 2.05) is 0 Å². The maximum atomic E-state index is 13.0. The van der Waals surface area contributed by atoms with Gasteiger partial charge in [0.15, 0.2) is 0 Å². The third-order valence-corrected chi connectivity index (χ3v) is 4.60. The molecule has 5 heteroatoms. The van der Waals surface area contributed by atoms with Crippen LogP contribution in [-0.4, -0.2) is 33.5 Å². The van der Waals surface area contributed by atoms with Gasteiger partial charge in [-0.1, -0.05) is 12.1 Å². The maximum Gasteiger partial charge on any atom is 0.147 e. The Labute approximate surface area is 107 Å². The van der Waals surface area contributed by atoms with Crippen molar-refractivity contribution < 1.29 is 12.8 Å². The summed E-state index contributed by atoms with van der Waals surface area (Å²) >= 11 is 0. The van der Waals surface area contributed by atoms with E-state index in [0.29, 0.717) is 6.42 Å². The van der Waals surface area contributed by atoms with Gasteiger partial charge in [0, 0.05) is 18.2 Å².